The van der Waals surface area contributed by atoms with Crippen LogP contribution in [0.4, 0.5) is 0 Å². The average molecular weight is 330 g/mol. The van der Waals surface area contributed by atoms with Gasteiger partial charge in [0.15, 0.2) is 11.3 Å². The Hall–Kier alpha value is -0.180. The summed E-state index contributed by atoms with van der Waals surface area (Å²) in [5.74, 6) is 0.365. The highest BCUT2D eigenvalue weighted by Gasteiger charge is 2.46. The number of rotatable bonds is 4. The fraction of sp³-hybridized carbons (Fsp3) is 0.933. The molecule has 5 unspecified atom stereocenters. The molecule has 1 saturated heterocycles. The van der Waals surface area contributed by atoms with Crippen molar-refractivity contribution in [2.45, 2.75) is 74.2 Å². The van der Waals surface area contributed by atoms with Gasteiger partial charge in [0.2, 0.25) is 0 Å². The fourth-order valence-corrected chi connectivity index (χ4v) is 6.02. The van der Waals surface area contributed by atoms with Gasteiger partial charge in [-0.25, -0.2) is 10.4 Å². The van der Waals surface area contributed by atoms with Crippen molar-refractivity contribution in [3.63, 3.8) is 0 Å². The van der Waals surface area contributed by atoms with Crippen LogP contribution in [0.3, 0.4) is 0 Å². The molecule has 0 radical (unpaired) electrons. The fourth-order valence-electron chi connectivity index (χ4n) is 4.41. The molecule has 7 heteroatoms. The zero-order chi connectivity index (χ0) is 15.7. The first-order valence-corrected chi connectivity index (χ1v) is 9.52. The number of fused-ring (bicyclic) bond motifs is 1. The monoisotopic (exact) mass is 330 g/mol. The van der Waals surface area contributed by atoms with Gasteiger partial charge in [0.1, 0.15) is 18.6 Å². The minimum absolute atomic E-state index is 0.0346. The van der Waals surface area contributed by atoms with Gasteiger partial charge in [0.05, 0.1) is 5.25 Å². The molecule has 5 N–H and O–H groups in total. The van der Waals surface area contributed by atoms with E-state index in [4.69, 9.17) is 10.9 Å². The molecular formula is C15H28N3O3S+. The maximum Gasteiger partial charge on any atom is 0.189 e. The SMILES string of the molecule is NC1SC2CCCCC2[NH+]1CC(=O)C1CCC([NH+]([O-])O)CC1. The number of hydroxylamine groups is 2. The first-order valence-electron chi connectivity index (χ1n) is 8.58. The maximum absolute atomic E-state index is 12.6. The zero-order valence-electron chi connectivity index (χ0n) is 13.0. The number of nitrogens with two attached hydrogens (primary N) is 1. The van der Waals surface area contributed by atoms with Gasteiger partial charge < -0.3 is 10.1 Å². The molecule has 22 heavy (non-hydrogen) atoms. The number of hydrogen-bond acceptors (Lipinski definition) is 5. The van der Waals surface area contributed by atoms with Crippen LogP contribution in [0.1, 0.15) is 51.4 Å². The van der Waals surface area contributed by atoms with Gasteiger partial charge in [-0.3, -0.25) is 10.5 Å². The highest BCUT2D eigenvalue weighted by Crippen LogP contribution is 2.32. The van der Waals surface area contributed by atoms with Crippen LogP contribution in [0.25, 0.3) is 0 Å². The van der Waals surface area contributed by atoms with Crippen molar-refractivity contribution < 1.29 is 20.1 Å². The van der Waals surface area contributed by atoms with Gasteiger partial charge in [-0.05, 0) is 25.7 Å². The Balaban J connectivity index is 1.53. The molecule has 6 nitrogen and oxygen atoms in total. The van der Waals surface area contributed by atoms with E-state index in [-0.39, 0.29) is 17.5 Å². The molecule has 0 aromatic heterocycles. The lowest BCUT2D eigenvalue weighted by Crippen LogP contribution is -3.19. The molecule has 0 spiro atoms. The van der Waals surface area contributed by atoms with E-state index in [0.29, 0.717) is 36.5 Å². The predicted molar refractivity (Wildman–Crippen MR) is 84.3 cm³/mol. The molecule has 2 aliphatic carbocycles. The van der Waals surface area contributed by atoms with Gasteiger partial charge in [-0.15, -0.1) is 0 Å². The summed E-state index contributed by atoms with van der Waals surface area (Å²) in [5.41, 5.74) is 6.31. The zero-order valence-corrected chi connectivity index (χ0v) is 13.8. The molecule has 3 rings (SSSR count). The smallest absolute Gasteiger partial charge is 0.189 e. The predicted octanol–water partition coefficient (Wildman–Crippen LogP) is -0.929. The lowest BCUT2D eigenvalue weighted by atomic mass is 9.83. The first-order chi connectivity index (χ1) is 10.6. The third kappa shape index (κ3) is 3.49. The van der Waals surface area contributed by atoms with Gasteiger partial charge >= 0.3 is 0 Å². The van der Waals surface area contributed by atoms with E-state index in [9.17, 15) is 10.0 Å². The Bertz CT molecular complexity index is 401. The summed E-state index contributed by atoms with van der Waals surface area (Å²) in [6, 6.07) is 0.303. The summed E-state index contributed by atoms with van der Waals surface area (Å²) in [5, 5.41) is 20.0. The first kappa shape index (κ1) is 16.7. The second-order valence-electron chi connectivity index (χ2n) is 7.09. The van der Waals surface area contributed by atoms with Crippen molar-refractivity contribution in [1.29, 1.82) is 0 Å². The van der Waals surface area contributed by atoms with Gasteiger partial charge in [0.25, 0.3) is 0 Å². The Morgan fingerprint density at radius 3 is 2.59 bits per heavy atom. The van der Waals surface area contributed by atoms with Crippen LogP contribution in [0.15, 0.2) is 0 Å². The second-order valence-corrected chi connectivity index (χ2v) is 8.48. The minimum Gasteiger partial charge on any atom is -0.600 e. The molecule has 5 atom stereocenters. The third-order valence-electron chi connectivity index (χ3n) is 5.78. The number of Topliss-reactive ketones (excluding diaryl/α,β-unsaturated/α-hetero) is 1. The summed E-state index contributed by atoms with van der Waals surface area (Å²) >= 11 is 1.86. The Morgan fingerprint density at radius 2 is 1.91 bits per heavy atom. The number of nitrogens with one attached hydrogen (secondary N) is 2. The van der Waals surface area contributed by atoms with E-state index in [0.717, 1.165) is 12.8 Å². The van der Waals surface area contributed by atoms with Crippen LogP contribution in [-0.2, 0) is 4.79 Å². The van der Waals surface area contributed by atoms with Gasteiger partial charge in [0, 0.05) is 25.2 Å². The van der Waals surface area contributed by atoms with Crippen LogP contribution >= 0.6 is 11.8 Å². The Kier molecular flexibility index (Phi) is 5.42. The summed E-state index contributed by atoms with van der Waals surface area (Å²) in [7, 11) is 0. The molecule has 3 aliphatic rings. The van der Waals surface area contributed by atoms with E-state index < -0.39 is 5.23 Å². The number of thioether (sulfide) groups is 1. The van der Waals surface area contributed by atoms with Gasteiger partial charge in [-0.2, -0.15) is 0 Å². The molecule has 1 aliphatic heterocycles. The molecule has 0 bridgehead atoms. The van der Waals surface area contributed by atoms with E-state index in [1.54, 1.807) is 0 Å². The van der Waals surface area contributed by atoms with Crippen LogP contribution in [-0.4, -0.2) is 40.4 Å². The number of carbonyl (C=O) groups excluding carboxylic acids is 1. The van der Waals surface area contributed by atoms with Crippen molar-refractivity contribution in [1.82, 2.24) is 0 Å². The van der Waals surface area contributed by atoms with E-state index in [2.05, 4.69) is 0 Å². The van der Waals surface area contributed by atoms with E-state index >= 15 is 0 Å². The third-order valence-corrected chi connectivity index (χ3v) is 7.29. The Morgan fingerprint density at radius 1 is 1.23 bits per heavy atom. The Labute approximate surface area is 135 Å². The maximum atomic E-state index is 12.6. The highest BCUT2D eigenvalue weighted by atomic mass is 32.2. The molecule has 126 valence electrons. The molecule has 0 amide bonds. The number of quaternary nitrogens is 2. The van der Waals surface area contributed by atoms with Crippen LogP contribution in [0.5, 0.6) is 0 Å². The molecule has 0 aromatic carbocycles. The van der Waals surface area contributed by atoms with Crippen LogP contribution in [0, 0.1) is 11.1 Å². The summed E-state index contributed by atoms with van der Waals surface area (Å²) in [6.45, 7) is 0.539. The number of hydrogen-bond donors (Lipinski definition) is 4. The molecule has 3 fully saturated rings. The van der Waals surface area contributed by atoms with Crippen molar-refractivity contribution in [3.8, 4) is 0 Å². The lowest BCUT2D eigenvalue weighted by Gasteiger charge is -2.32. The van der Waals surface area contributed by atoms with Crippen molar-refractivity contribution in [2.24, 2.45) is 11.7 Å². The van der Waals surface area contributed by atoms with Crippen LogP contribution in [0.2, 0.25) is 0 Å². The molecule has 0 aromatic rings. The summed E-state index contributed by atoms with van der Waals surface area (Å²) in [4.78, 5) is 13.9. The molecule has 1 heterocycles. The van der Waals surface area contributed by atoms with Crippen molar-refractivity contribution in [3.05, 3.63) is 5.21 Å². The normalized spacial score (nSPS) is 43.6. The minimum atomic E-state index is -0.709. The summed E-state index contributed by atoms with van der Waals surface area (Å²) < 4.78 is 0. The average Bonchev–Trinajstić information content (AvgIpc) is 2.83. The van der Waals surface area contributed by atoms with E-state index in [1.165, 1.54) is 30.6 Å². The summed E-state index contributed by atoms with van der Waals surface area (Å²) in [6.07, 6.45) is 7.75. The largest absolute Gasteiger partial charge is 0.600 e. The van der Waals surface area contributed by atoms with Gasteiger partial charge in [-0.1, -0.05) is 18.2 Å². The highest BCUT2D eigenvalue weighted by molar-refractivity contribution is 8.00. The van der Waals surface area contributed by atoms with Crippen molar-refractivity contribution in [2.75, 3.05) is 6.54 Å². The number of ketones is 1. The van der Waals surface area contributed by atoms with Crippen LogP contribution < -0.4 is 15.9 Å². The number of carbonyl (C=O) groups is 1. The lowest BCUT2D eigenvalue weighted by molar-refractivity contribution is -1.07. The topological polar surface area (TPSA) is 95.3 Å². The van der Waals surface area contributed by atoms with E-state index in [1.807, 2.05) is 11.8 Å². The quantitative estimate of drug-likeness (QED) is 0.500. The molecular weight excluding hydrogens is 302 g/mol. The standard InChI is InChI=1S/C15H27N3O3S/c16-15-17(12-3-1-2-4-14(12)22-15)9-13(19)10-5-7-11(8-6-10)18(20)21/h10-12,14-15,18,20H,1-9,16H2/p+1. The second kappa shape index (κ2) is 7.15. The van der Waals surface area contributed by atoms with Crippen molar-refractivity contribution >= 4 is 17.5 Å². The molecule has 2 saturated carbocycles.